The van der Waals surface area contributed by atoms with Crippen molar-refractivity contribution in [2.24, 2.45) is 0 Å². The van der Waals surface area contributed by atoms with E-state index >= 15 is 0 Å². The third-order valence-corrected chi connectivity index (χ3v) is 6.29. The molecule has 0 atom stereocenters. The molecule has 0 unspecified atom stereocenters. The first-order valence-electron chi connectivity index (χ1n) is 8.33. The number of likely N-dealkylation sites (N-methyl/N-ethyl adjacent to an activating group) is 1. The van der Waals surface area contributed by atoms with Gasteiger partial charge in [0.25, 0.3) is 5.91 Å². The highest BCUT2D eigenvalue weighted by atomic mass is 32.2. The zero-order chi connectivity index (χ0) is 19.6. The molecular formula is C18H19F2N3O3S. The molecule has 9 heteroatoms. The van der Waals surface area contributed by atoms with Gasteiger partial charge in [-0.3, -0.25) is 4.79 Å². The maximum absolute atomic E-state index is 13.7. The Bertz CT molecular complexity index is 938. The van der Waals surface area contributed by atoms with Crippen LogP contribution in [0.4, 0.5) is 14.5 Å². The van der Waals surface area contributed by atoms with Gasteiger partial charge in [0.1, 0.15) is 17.3 Å². The smallest absolute Gasteiger partial charge is 0.255 e. The number of para-hydroxylation sites is 1. The van der Waals surface area contributed by atoms with Crippen LogP contribution in [-0.4, -0.2) is 56.8 Å². The molecule has 1 heterocycles. The summed E-state index contributed by atoms with van der Waals surface area (Å²) in [4.78, 5) is 14.4. The molecule has 0 bridgehead atoms. The normalized spacial score (nSPS) is 16.3. The van der Waals surface area contributed by atoms with Crippen LogP contribution in [0, 0.1) is 11.6 Å². The summed E-state index contributed by atoms with van der Waals surface area (Å²) in [5.41, 5.74) is -0.581. The van der Waals surface area contributed by atoms with Gasteiger partial charge in [-0.1, -0.05) is 12.1 Å². The molecule has 1 aliphatic heterocycles. The Kier molecular flexibility index (Phi) is 5.54. The van der Waals surface area contributed by atoms with E-state index in [9.17, 15) is 22.0 Å². The van der Waals surface area contributed by atoms with Crippen LogP contribution >= 0.6 is 0 Å². The van der Waals surface area contributed by atoms with Gasteiger partial charge in [-0.05, 0) is 37.4 Å². The van der Waals surface area contributed by atoms with Crippen LogP contribution in [0.2, 0.25) is 0 Å². The van der Waals surface area contributed by atoms with Gasteiger partial charge in [0.05, 0.1) is 4.90 Å². The molecule has 144 valence electrons. The van der Waals surface area contributed by atoms with E-state index < -0.39 is 33.3 Å². The van der Waals surface area contributed by atoms with Crippen LogP contribution in [-0.2, 0) is 10.0 Å². The van der Waals surface area contributed by atoms with Gasteiger partial charge in [-0.15, -0.1) is 0 Å². The second-order valence-electron chi connectivity index (χ2n) is 6.29. The number of anilines is 1. The molecule has 6 nitrogen and oxygen atoms in total. The largest absolute Gasteiger partial charge is 0.317 e. The minimum atomic E-state index is -3.75. The number of nitrogens with zero attached hydrogens (tertiary/aromatic N) is 2. The van der Waals surface area contributed by atoms with Crippen molar-refractivity contribution in [2.75, 3.05) is 38.5 Å². The molecular weight excluding hydrogens is 376 g/mol. The lowest BCUT2D eigenvalue weighted by Gasteiger charge is -2.31. The van der Waals surface area contributed by atoms with Gasteiger partial charge in [-0.2, -0.15) is 4.31 Å². The number of carbonyl (C=O) groups is 1. The standard InChI is InChI=1S/C18H19F2N3O3S/c1-22-8-10-23(11-9-22)27(25,26)14-5-2-4-13(12-14)18(24)21-17-15(19)6-3-7-16(17)20/h2-7,12H,8-11H2,1H3,(H,21,24). The maximum Gasteiger partial charge on any atom is 0.255 e. The lowest BCUT2D eigenvalue weighted by atomic mass is 10.2. The Morgan fingerprint density at radius 2 is 1.59 bits per heavy atom. The van der Waals surface area contributed by atoms with Crippen molar-refractivity contribution < 1.29 is 22.0 Å². The fourth-order valence-electron chi connectivity index (χ4n) is 2.78. The average Bonchev–Trinajstić information content (AvgIpc) is 2.65. The number of sulfonamides is 1. The monoisotopic (exact) mass is 395 g/mol. The van der Waals surface area contributed by atoms with E-state index in [4.69, 9.17) is 0 Å². The Balaban J connectivity index is 1.84. The Morgan fingerprint density at radius 3 is 2.22 bits per heavy atom. The summed E-state index contributed by atoms with van der Waals surface area (Å²) in [5.74, 6) is -2.62. The van der Waals surface area contributed by atoms with E-state index in [1.807, 2.05) is 11.9 Å². The minimum Gasteiger partial charge on any atom is -0.317 e. The van der Waals surface area contributed by atoms with Crippen molar-refractivity contribution in [1.29, 1.82) is 0 Å². The summed E-state index contributed by atoms with van der Waals surface area (Å²) in [6, 6.07) is 8.64. The van der Waals surface area contributed by atoms with Crippen LogP contribution in [0.15, 0.2) is 47.4 Å². The molecule has 2 aromatic carbocycles. The fraction of sp³-hybridized carbons (Fsp3) is 0.278. The summed E-state index contributed by atoms with van der Waals surface area (Å²) in [7, 11) is -1.84. The zero-order valence-electron chi connectivity index (χ0n) is 14.7. The molecule has 1 amide bonds. The molecule has 0 radical (unpaired) electrons. The minimum absolute atomic E-state index is 0.00662. The SMILES string of the molecule is CN1CCN(S(=O)(=O)c2cccc(C(=O)Nc3c(F)cccc3F)c2)CC1. The van der Waals surface area contributed by atoms with Crippen LogP contribution in [0.3, 0.4) is 0 Å². The van der Waals surface area contributed by atoms with Crippen molar-refractivity contribution >= 4 is 21.6 Å². The molecule has 0 aromatic heterocycles. The van der Waals surface area contributed by atoms with E-state index in [1.165, 1.54) is 34.6 Å². The lowest BCUT2D eigenvalue weighted by molar-refractivity contribution is 0.102. The fourth-order valence-corrected chi connectivity index (χ4v) is 4.25. The summed E-state index contributed by atoms with van der Waals surface area (Å²) < 4.78 is 54.4. The van der Waals surface area contributed by atoms with Gasteiger partial charge in [0.15, 0.2) is 0 Å². The first kappa shape index (κ1) is 19.4. The number of hydrogen-bond acceptors (Lipinski definition) is 4. The molecule has 1 aliphatic rings. The van der Waals surface area contributed by atoms with Gasteiger partial charge in [0.2, 0.25) is 10.0 Å². The van der Waals surface area contributed by atoms with E-state index in [1.54, 1.807) is 0 Å². The number of carbonyl (C=O) groups excluding carboxylic acids is 1. The Hall–Kier alpha value is -2.36. The van der Waals surface area contributed by atoms with Crippen molar-refractivity contribution in [3.63, 3.8) is 0 Å². The van der Waals surface area contributed by atoms with Crippen molar-refractivity contribution in [3.8, 4) is 0 Å². The topological polar surface area (TPSA) is 69.7 Å². The molecule has 0 aliphatic carbocycles. The van der Waals surface area contributed by atoms with Crippen LogP contribution in [0.1, 0.15) is 10.4 Å². The molecule has 2 aromatic rings. The highest BCUT2D eigenvalue weighted by Gasteiger charge is 2.28. The maximum atomic E-state index is 13.7. The van der Waals surface area contributed by atoms with Crippen molar-refractivity contribution in [3.05, 3.63) is 59.7 Å². The number of amides is 1. The molecule has 3 rings (SSSR count). The first-order chi connectivity index (χ1) is 12.8. The van der Waals surface area contributed by atoms with Crippen molar-refractivity contribution in [2.45, 2.75) is 4.90 Å². The van der Waals surface area contributed by atoms with Gasteiger partial charge >= 0.3 is 0 Å². The highest BCUT2D eigenvalue weighted by Crippen LogP contribution is 2.21. The zero-order valence-corrected chi connectivity index (χ0v) is 15.5. The summed E-state index contributed by atoms with van der Waals surface area (Å²) in [6.45, 7) is 1.95. The highest BCUT2D eigenvalue weighted by molar-refractivity contribution is 7.89. The molecule has 27 heavy (non-hydrogen) atoms. The number of hydrogen-bond donors (Lipinski definition) is 1. The molecule has 1 N–H and O–H groups in total. The summed E-state index contributed by atoms with van der Waals surface area (Å²) in [5, 5.41) is 2.15. The van der Waals surface area contributed by atoms with E-state index in [2.05, 4.69) is 5.32 Å². The van der Waals surface area contributed by atoms with Crippen LogP contribution < -0.4 is 5.32 Å². The number of piperazine rings is 1. The Morgan fingerprint density at radius 1 is 1.00 bits per heavy atom. The quantitative estimate of drug-likeness (QED) is 0.861. The van der Waals surface area contributed by atoms with Gasteiger partial charge in [-0.25, -0.2) is 17.2 Å². The van der Waals surface area contributed by atoms with Crippen LogP contribution in [0.5, 0.6) is 0 Å². The third-order valence-electron chi connectivity index (χ3n) is 4.40. The average molecular weight is 395 g/mol. The molecule has 1 fully saturated rings. The van der Waals surface area contributed by atoms with E-state index in [0.717, 1.165) is 12.1 Å². The number of nitrogens with one attached hydrogen (secondary N) is 1. The second-order valence-corrected chi connectivity index (χ2v) is 8.22. The molecule has 1 saturated heterocycles. The lowest BCUT2D eigenvalue weighted by Crippen LogP contribution is -2.47. The van der Waals surface area contributed by atoms with Gasteiger partial charge in [0, 0.05) is 31.7 Å². The Labute approximate surface area is 156 Å². The number of benzene rings is 2. The van der Waals surface area contributed by atoms with E-state index in [-0.39, 0.29) is 10.5 Å². The second kappa shape index (κ2) is 7.71. The predicted molar refractivity (Wildman–Crippen MR) is 97.0 cm³/mol. The third kappa shape index (κ3) is 4.15. The van der Waals surface area contributed by atoms with Crippen LogP contribution in [0.25, 0.3) is 0 Å². The predicted octanol–water partition coefficient (Wildman–Crippen LogP) is 2.15. The van der Waals surface area contributed by atoms with Crippen molar-refractivity contribution in [1.82, 2.24) is 9.21 Å². The first-order valence-corrected chi connectivity index (χ1v) is 9.77. The molecule has 0 spiro atoms. The van der Waals surface area contributed by atoms with E-state index in [0.29, 0.717) is 26.2 Å². The summed E-state index contributed by atoms with van der Waals surface area (Å²) in [6.07, 6.45) is 0. The van der Waals surface area contributed by atoms with Gasteiger partial charge < -0.3 is 10.2 Å². The number of halogens is 2. The summed E-state index contributed by atoms with van der Waals surface area (Å²) >= 11 is 0. The number of rotatable bonds is 4. The molecule has 0 saturated carbocycles.